The number of nitrogens with one attached hydrogen (secondary N) is 1. The van der Waals surface area contributed by atoms with Crippen molar-refractivity contribution in [2.75, 3.05) is 7.11 Å². The van der Waals surface area contributed by atoms with E-state index in [1.54, 1.807) is 0 Å². The van der Waals surface area contributed by atoms with Gasteiger partial charge < -0.3 is 9.72 Å². The lowest BCUT2D eigenvalue weighted by Gasteiger charge is -2.04. The number of fused-ring (bicyclic) bond motifs is 1. The van der Waals surface area contributed by atoms with E-state index in [0.717, 1.165) is 12.1 Å². The number of hydrogen-bond acceptors (Lipinski definition) is 3. The minimum absolute atomic E-state index is 0.0673. The quantitative estimate of drug-likeness (QED) is 0.794. The topological polar surface area (TPSA) is 59.2 Å². The number of ether oxygens (including phenoxy) is 1. The number of rotatable bonds is 1. The van der Waals surface area contributed by atoms with Crippen molar-refractivity contribution >= 4 is 28.5 Å². The molecule has 1 heterocycles. The van der Waals surface area contributed by atoms with Crippen LogP contribution in [0.25, 0.3) is 10.9 Å². The minimum atomic E-state index is -0.738. The number of H-pyrrole nitrogens is 1. The Morgan fingerprint density at radius 2 is 2.12 bits per heavy atom. The van der Waals surface area contributed by atoms with Gasteiger partial charge in [-0.05, 0) is 12.1 Å². The Bertz CT molecular complexity index is 666. The maximum Gasteiger partial charge on any atom is 0.354 e. The van der Waals surface area contributed by atoms with Crippen molar-refractivity contribution in [2.45, 2.75) is 0 Å². The van der Waals surface area contributed by atoms with Crippen LogP contribution in [0.4, 0.5) is 4.39 Å². The number of aromatic nitrogens is 1. The third-order valence-electron chi connectivity index (χ3n) is 2.26. The van der Waals surface area contributed by atoms with E-state index in [2.05, 4.69) is 9.72 Å². The molecule has 2 rings (SSSR count). The fourth-order valence-corrected chi connectivity index (χ4v) is 1.70. The Kier molecular flexibility index (Phi) is 2.85. The SMILES string of the molecule is COC(=O)c1cc(=O)c2cc(Cl)cc(F)c2[nH]1. The number of methoxy groups -OCH3 is 1. The molecule has 2 aromatic rings. The lowest BCUT2D eigenvalue weighted by atomic mass is 10.2. The first-order valence-electron chi connectivity index (χ1n) is 4.63. The molecule has 4 nitrogen and oxygen atoms in total. The summed E-state index contributed by atoms with van der Waals surface area (Å²) in [6.07, 6.45) is 0. The molecule has 1 N–H and O–H groups in total. The molecular weight excluding hydrogens is 249 g/mol. The average Bonchev–Trinajstić information content (AvgIpc) is 2.29. The highest BCUT2D eigenvalue weighted by Crippen LogP contribution is 2.19. The first-order chi connectivity index (χ1) is 8.02. The van der Waals surface area contributed by atoms with Crippen LogP contribution in [-0.2, 0) is 4.74 Å². The first-order valence-corrected chi connectivity index (χ1v) is 5.01. The van der Waals surface area contributed by atoms with Crippen LogP contribution in [0.5, 0.6) is 0 Å². The van der Waals surface area contributed by atoms with Crippen LogP contribution in [0.3, 0.4) is 0 Å². The molecule has 0 atom stereocenters. The molecule has 0 unspecified atom stereocenters. The number of benzene rings is 1. The van der Waals surface area contributed by atoms with Crippen LogP contribution in [0.1, 0.15) is 10.5 Å². The number of pyridine rings is 1. The van der Waals surface area contributed by atoms with Crippen molar-refractivity contribution in [2.24, 2.45) is 0 Å². The third-order valence-corrected chi connectivity index (χ3v) is 2.48. The van der Waals surface area contributed by atoms with Crippen LogP contribution in [-0.4, -0.2) is 18.1 Å². The largest absolute Gasteiger partial charge is 0.464 e. The van der Waals surface area contributed by atoms with Gasteiger partial charge in [0.1, 0.15) is 11.5 Å². The second kappa shape index (κ2) is 4.18. The van der Waals surface area contributed by atoms with Crippen molar-refractivity contribution in [1.82, 2.24) is 4.98 Å². The highest BCUT2D eigenvalue weighted by atomic mass is 35.5. The van der Waals surface area contributed by atoms with E-state index in [1.807, 2.05) is 0 Å². The maximum absolute atomic E-state index is 13.6. The van der Waals surface area contributed by atoms with Crippen LogP contribution < -0.4 is 5.43 Å². The van der Waals surface area contributed by atoms with Crippen LogP contribution in [0.15, 0.2) is 23.0 Å². The Labute approximate surface area is 100.0 Å². The summed E-state index contributed by atoms with van der Waals surface area (Å²) in [7, 11) is 1.17. The number of hydrogen-bond donors (Lipinski definition) is 1. The molecule has 0 saturated carbocycles. The molecule has 0 bridgehead atoms. The van der Waals surface area contributed by atoms with Gasteiger partial charge in [0, 0.05) is 16.5 Å². The fraction of sp³-hybridized carbons (Fsp3) is 0.0909. The predicted octanol–water partition coefficient (Wildman–Crippen LogP) is 2.11. The molecule has 0 aliphatic heterocycles. The zero-order valence-electron chi connectivity index (χ0n) is 8.71. The number of esters is 1. The van der Waals surface area contributed by atoms with Crippen LogP contribution in [0, 0.1) is 5.82 Å². The summed E-state index contributed by atoms with van der Waals surface area (Å²) in [5.74, 6) is -1.44. The van der Waals surface area contributed by atoms with E-state index < -0.39 is 17.2 Å². The van der Waals surface area contributed by atoms with Crippen molar-refractivity contribution < 1.29 is 13.9 Å². The van der Waals surface area contributed by atoms with Gasteiger partial charge in [-0.3, -0.25) is 4.79 Å². The third kappa shape index (κ3) is 2.01. The molecule has 17 heavy (non-hydrogen) atoms. The molecule has 88 valence electrons. The Balaban J connectivity index is 2.82. The number of carbonyl (C=O) groups excluding carboxylic acids is 1. The molecule has 0 spiro atoms. The average molecular weight is 256 g/mol. The Morgan fingerprint density at radius 1 is 1.41 bits per heavy atom. The summed E-state index contributed by atoms with van der Waals surface area (Å²) in [6, 6.07) is 3.44. The number of halogens is 2. The lowest BCUT2D eigenvalue weighted by Crippen LogP contribution is -2.12. The Hall–Kier alpha value is -1.88. The van der Waals surface area contributed by atoms with E-state index in [-0.39, 0.29) is 21.6 Å². The van der Waals surface area contributed by atoms with Gasteiger partial charge in [-0.15, -0.1) is 0 Å². The molecule has 6 heteroatoms. The van der Waals surface area contributed by atoms with Crippen molar-refractivity contribution in [1.29, 1.82) is 0 Å². The van der Waals surface area contributed by atoms with Crippen molar-refractivity contribution in [3.63, 3.8) is 0 Å². The molecule has 0 aliphatic rings. The monoisotopic (exact) mass is 255 g/mol. The van der Waals surface area contributed by atoms with Gasteiger partial charge in [0.25, 0.3) is 0 Å². The first kappa shape index (κ1) is 11.6. The van der Waals surface area contributed by atoms with Gasteiger partial charge in [0.05, 0.1) is 12.6 Å². The molecule has 1 aromatic heterocycles. The second-order valence-corrected chi connectivity index (χ2v) is 3.79. The molecule has 0 radical (unpaired) electrons. The van der Waals surface area contributed by atoms with Gasteiger partial charge in [0.15, 0.2) is 5.43 Å². The van der Waals surface area contributed by atoms with Gasteiger partial charge in [-0.25, -0.2) is 9.18 Å². The summed E-state index contributed by atoms with van der Waals surface area (Å²) < 4.78 is 18.0. The highest BCUT2D eigenvalue weighted by molar-refractivity contribution is 6.31. The van der Waals surface area contributed by atoms with Gasteiger partial charge in [0.2, 0.25) is 0 Å². The molecule has 0 amide bonds. The fourth-order valence-electron chi connectivity index (χ4n) is 1.49. The molecule has 0 fully saturated rings. The van der Waals surface area contributed by atoms with E-state index >= 15 is 0 Å². The van der Waals surface area contributed by atoms with E-state index in [4.69, 9.17) is 11.6 Å². The van der Waals surface area contributed by atoms with Crippen LogP contribution in [0.2, 0.25) is 5.02 Å². The zero-order valence-corrected chi connectivity index (χ0v) is 9.47. The van der Waals surface area contributed by atoms with Gasteiger partial charge in [-0.1, -0.05) is 11.6 Å². The molecule has 1 aromatic carbocycles. The van der Waals surface area contributed by atoms with Gasteiger partial charge in [-0.2, -0.15) is 0 Å². The predicted molar refractivity (Wildman–Crippen MR) is 60.9 cm³/mol. The summed E-state index contributed by atoms with van der Waals surface area (Å²) in [4.78, 5) is 25.4. The standard InChI is InChI=1S/C11H7ClFNO3/c1-17-11(16)8-4-9(15)6-2-5(12)3-7(13)10(6)14-8/h2-4H,1H3,(H,14,15). The number of carbonyl (C=O) groups is 1. The maximum atomic E-state index is 13.6. The summed E-state index contributed by atoms with van der Waals surface area (Å²) in [5.41, 5.74) is -0.672. The zero-order chi connectivity index (χ0) is 12.6. The highest BCUT2D eigenvalue weighted by Gasteiger charge is 2.12. The van der Waals surface area contributed by atoms with Crippen molar-refractivity contribution in [3.05, 3.63) is 45.0 Å². The Morgan fingerprint density at radius 3 is 2.76 bits per heavy atom. The normalized spacial score (nSPS) is 10.5. The lowest BCUT2D eigenvalue weighted by molar-refractivity contribution is 0.0594. The van der Waals surface area contributed by atoms with E-state index in [9.17, 15) is 14.0 Å². The van der Waals surface area contributed by atoms with Crippen molar-refractivity contribution in [3.8, 4) is 0 Å². The minimum Gasteiger partial charge on any atom is -0.464 e. The van der Waals surface area contributed by atoms with E-state index in [0.29, 0.717) is 0 Å². The second-order valence-electron chi connectivity index (χ2n) is 3.35. The summed E-state index contributed by atoms with van der Waals surface area (Å²) >= 11 is 5.64. The van der Waals surface area contributed by atoms with E-state index in [1.165, 1.54) is 13.2 Å². The number of aromatic amines is 1. The molecule has 0 aliphatic carbocycles. The summed E-state index contributed by atoms with van der Waals surface area (Å²) in [5, 5.41) is 0.203. The van der Waals surface area contributed by atoms with Gasteiger partial charge >= 0.3 is 5.97 Å². The summed E-state index contributed by atoms with van der Waals surface area (Å²) in [6.45, 7) is 0. The molecular formula is C11H7ClFNO3. The van der Waals surface area contributed by atoms with Crippen LogP contribution >= 0.6 is 11.6 Å². The molecule has 0 saturated heterocycles. The smallest absolute Gasteiger partial charge is 0.354 e.